The number of hydrogen-bond acceptors (Lipinski definition) is 1. The van der Waals surface area contributed by atoms with E-state index >= 15 is 0 Å². The molecule has 1 aromatic carbocycles. The van der Waals surface area contributed by atoms with Gasteiger partial charge in [0, 0.05) is 12.1 Å². The number of aryl methyl sites for hydroxylation is 2. The van der Waals surface area contributed by atoms with E-state index in [1.165, 1.54) is 24.8 Å². The van der Waals surface area contributed by atoms with Crippen LogP contribution in [0.4, 0.5) is 5.69 Å². The first kappa shape index (κ1) is 14.7. The molecule has 0 bridgehead atoms. The largest absolute Gasteiger partial charge is 0.326 e. The van der Waals surface area contributed by atoms with Crippen molar-refractivity contribution in [2.45, 2.75) is 59.3 Å². The fourth-order valence-electron chi connectivity index (χ4n) is 2.06. The van der Waals surface area contributed by atoms with Crippen LogP contribution >= 0.6 is 0 Å². The predicted octanol–water partition coefficient (Wildman–Crippen LogP) is 4.60. The van der Waals surface area contributed by atoms with Crippen LogP contribution < -0.4 is 5.32 Å². The predicted molar refractivity (Wildman–Crippen MR) is 77.9 cm³/mol. The third kappa shape index (κ3) is 5.35. The fourth-order valence-corrected chi connectivity index (χ4v) is 2.06. The lowest BCUT2D eigenvalue weighted by atomic mass is 10.1. The molecule has 0 aliphatic carbocycles. The van der Waals surface area contributed by atoms with Gasteiger partial charge in [0.2, 0.25) is 5.91 Å². The quantitative estimate of drug-likeness (QED) is 0.701. The van der Waals surface area contributed by atoms with Crippen LogP contribution in [-0.2, 0) is 4.79 Å². The average molecular weight is 247 g/mol. The van der Waals surface area contributed by atoms with Crippen LogP contribution in [0.2, 0.25) is 0 Å². The molecule has 2 nitrogen and oxygen atoms in total. The molecule has 1 N–H and O–H groups in total. The van der Waals surface area contributed by atoms with Crippen LogP contribution in [-0.4, -0.2) is 5.91 Å². The molecule has 0 aliphatic rings. The first-order chi connectivity index (χ1) is 8.63. The molecule has 0 unspecified atom stereocenters. The van der Waals surface area contributed by atoms with Gasteiger partial charge in [-0.3, -0.25) is 4.79 Å². The Kier molecular flexibility index (Phi) is 6.48. The zero-order valence-corrected chi connectivity index (χ0v) is 11.9. The number of rotatable bonds is 7. The lowest BCUT2D eigenvalue weighted by molar-refractivity contribution is -0.116. The lowest BCUT2D eigenvalue weighted by Crippen LogP contribution is -2.12. The van der Waals surface area contributed by atoms with Gasteiger partial charge in [-0.2, -0.15) is 0 Å². The molecule has 0 radical (unpaired) electrons. The molecule has 0 atom stereocenters. The highest BCUT2D eigenvalue weighted by Crippen LogP contribution is 2.16. The topological polar surface area (TPSA) is 29.1 Å². The first-order valence-corrected chi connectivity index (χ1v) is 7.00. The minimum Gasteiger partial charge on any atom is -0.326 e. The number of benzene rings is 1. The van der Waals surface area contributed by atoms with Gasteiger partial charge in [0.1, 0.15) is 0 Å². The van der Waals surface area contributed by atoms with Gasteiger partial charge >= 0.3 is 0 Å². The Morgan fingerprint density at radius 3 is 2.50 bits per heavy atom. The maximum Gasteiger partial charge on any atom is 0.224 e. The van der Waals surface area contributed by atoms with Gasteiger partial charge in [-0.05, 0) is 31.9 Å². The third-order valence-electron chi connectivity index (χ3n) is 3.16. The summed E-state index contributed by atoms with van der Waals surface area (Å²) in [5.41, 5.74) is 3.30. The Balaban J connectivity index is 2.31. The summed E-state index contributed by atoms with van der Waals surface area (Å²) < 4.78 is 0. The first-order valence-electron chi connectivity index (χ1n) is 7.00. The Morgan fingerprint density at radius 1 is 1.11 bits per heavy atom. The van der Waals surface area contributed by atoms with Gasteiger partial charge in [0.15, 0.2) is 0 Å². The molecule has 1 amide bonds. The Hall–Kier alpha value is -1.31. The molecular formula is C16H25NO. The second-order valence-electron chi connectivity index (χ2n) is 5.03. The van der Waals surface area contributed by atoms with Gasteiger partial charge in [-0.1, -0.05) is 50.3 Å². The van der Waals surface area contributed by atoms with Crippen molar-refractivity contribution in [3.8, 4) is 0 Å². The summed E-state index contributed by atoms with van der Waals surface area (Å²) in [5.74, 6) is 0.137. The SMILES string of the molecule is CCCCCCCC(=O)Nc1ccc(C)cc1C. The third-order valence-corrected chi connectivity index (χ3v) is 3.16. The maximum atomic E-state index is 11.8. The van der Waals surface area contributed by atoms with Crippen LogP contribution in [0.25, 0.3) is 0 Å². The number of amides is 1. The summed E-state index contributed by atoms with van der Waals surface area (Å²) in [5, 5.41) is 2.99. The molecule has 0 heterocycles. The summed E-state index contributed by atoms with van der Waals surface area (Å²) in [6.45, 7) is 6.29. The van der Waals surface area contributed by atoms with Crippen molar-refractivity contribution in [3.63, 3.8) is 0 Å². The molecule has 1 rings (SSSR count). The Bertz CT molecular complexity index is 385. The molecule has 1 aromatic rings. The fraction of sp³-hybridized carbons (Fsp3) is 0.562. The summed E-state index contributed by atoms with van der Waals surface area (Å²) >= 11 is 0. The van der Waals surface area contributed by atoms with Crippen LogP contribution in [0.3, 0.4) is 0 Å². The van der Waals surface area contributed by atoms with E-state index in [1.807, 2.05) is 19.1 Å². The molecule has 0 spiro atoms. The molecule has 100 valence electrons. The minimum atomic E-state index is 0.137. The smallest absolute Gasteiger partial charge is 0.224 e. The van der Waals surface area contributed by atoms with E-state index in [9.17, 15) is 4.79 Å². The summed E-state index contributed by atoms with van der Waals surface area (Å²) in [4.78, 5) is 11.8. The number of unbranched alkanes of at least 4 members (excludes halogenated alkanes) is 4. The van der Waals surface area contributed by atoms with E-state index in [4.69, 9.17) is 0 Å². The van der Waals surface area contributed by atoms with Crippen LogP contribution in [0.15, 0.2) is 18.2 Å². The van der Waals surface area contributed by atoms with Crippen molar-refractivity contribution < 1.29 is 4.79 Å². The molecule has 2 heteroatoms. The minimum absolute atomic E-state index is 0.137. The number of anilines is 1. The number of hydrogen-bond donors (Lipinski definition) is 1. The zero-order chi connectivity index (χ0) is 13.4. The van der Waals surface area contributed by atoms with Crippen molar-refractivity contribution in [1.82, 2.24) is 0 Å². The van der Waals surface area contributed by atoms with Gasteiger partial charge in [0.05, 0.1) is 0 Å². The molecule has 0 saturated carbocycles. The summed E-state index contributed by atoms with van der Waals surface area (Å²) in [6, 6.07) is 6.11. The van der Waals surface area contributed by atoms with Crippen LogP contribution in [0, 0.1) is 13.8 Å². The highest BCUT2D eigenvalue weighted by atomic mass is 16.1. The number of nitrogens with one attached hydrogen (secondary N) is 1. The van der Waals surface area contributed by atoms with Crippen molar-refractivity contribution in [1.29, 1.82) is 0 Å². The monoisotopic (exact) mass is 247 g/mol. The van der Waals surface area contributed by atoms with Crippen molar-refractivity contribution in [2.24, 2.45) is 0 Å². The average Bonchev–Trinajstić information content (AvgIpc) is 2.32. The summed E-state index contributed by atoms with van der Waals surface area (Å²) in [7, 11) is 0. The lowest BCUT2D eigenvalue weighted by Gasteiger charge is -2.09. The summed E-state index contributed by atoms with van der Waals surface area (Å²) in [6.07, 6.45) is 6.56. The van der Waals surface area contributed by atoms with Gasteiger partial charge < -0.3 is 5.32 Å². The van der Waals surface area contributed by atoms with Crippen LogP contribution in [0.1, 0.15) is 56.6 Å². The van der Waals surface area contributed by atoms with Gasteiger partial charge in [0.25, 0.3) is 0 Å². The molecule has 0 saturated heterocycles. The van der Waals surface area contributed by atoms with E-state index < -0.39 is 0 Å². The van der Waals surface area contributed by atoms with E-state index in [1.54, 1.807) is 0 Å². The number of carbonyl (C=O) groups is 1. The van der Waals surface area contributed by atoms with E-state index in [0.29, 0.717) is 6.42 Å². The highest BCUT2D eigenvalue weighted by Gasteiger charge is 2.04. The molecular weight excluding hydrogens is 222 g/mol. The van der Waals surface area contributed by atoms with Gasteiger partial charge in [-0.25, -0.2) is 0 Å². The van der Waals surface area contributed by atoms with E-state index in [-0.39, 0.29) is 5.91 Å². The molecule has 0 fully saturated rings. The van der Waals surface area contributed by atoms with E-state index in [0.717, 1.165) is 24.1 Å². The zero-order valence-electron chi connectivity index (χ0n) is 11.9. The van der Waals surface area contributed by atoms with Crippen molar-refractivity contribution in [3.05, 3.63) is 29.3 Å². The Morgan fingerprint density at radius 2 is 1.83 bits per heavy atom. The Labute approximate surface area is 111 Å². The molecule has 0 aliphatic heterocycles. The molecule has 0 aromatic heterocycles. The molecule has 18 heavy (non-hydrogen) atoms. The highest BCUT2D eigenvalue weighted by molar-refractivity contribution is 5.91. The van der Waals surface area contributed by atoms with Crippen molar-refractivity contribution in [2.75, 3.05) is 5.32 Å². The maximum absolute atomic E-state index is 11.8. The number of carbonyl (C=O) groups excluding carboxylic acids is 1. The van der Waals surface area contributed by atoms with E-state index in [2.05, 4.69) is 25.2 Å². The standard InChI is InChI=1S/C16H25NO/c1-4-5-6-7-8-9-16(18)17-15-11-10-13(2)12-14(15)3/h10-12H,4-9H2,1-3H3,(H,17,18). The normalized spacial score (nSPS) is 10.4. The second kappa shape index (κ2) is 7.91. The van der Waals surface area contributed by atoms with Crippen LogP contribution in [0.5, 0.6) is 0 Å². The van der Waals surface area contributed by atoms with Gasteiger partial charge in [-0.15, -0.1) is 0 Å². The van der Waals surface area contributed by atoms with Crippen molar-refractivity contribution >= 4 is 11.6 Å². The second-order valence-corrected chi connectivity index (χ2v) is 5.03.